The zero-order valence-corrected chi connectivity index (χ0v) is 11.3. The fourth-order valence-corrected chi connectivity index (χ4v) is 2.62. The molecule has 88 valence electrons. The molecule has 0 fully saturated rings. The van der Waals surface area contributed by atoms with Gasteiger partial charge in [0.2, 0.25) is 5.95 Å². The van der Waals surface area contributed by atoms with Gasteiger partial charge in [-0.25, -0.2) is 15.8 Å². The molecular weight excluding hydrogens is 300 g/mol. The number of nitrogens with one attached hydrogen (secondary N) is 1. The number of halogens is 1. The van der Waals surface area contributed by atoms with Crippen LogP contribution >= 0.6 is 27.7 Å². The number of aromatic nitrogens is 2. The largest absolute Gasteiger partial charge is 0.292 e. The van der Waals surface area contributed by atoms with Crippen LogP contribution in [0.15, 0.2) is 46.0 Å². The first-order chi connectivity index (χ1) is 8.29. The van der Waals surface area contributed by atoms with Crippen LogP contribution in [-0.4, -0.2) is 9.97 Å². The zero-order chi connectivity index (χ0) is 12.1. The van der Waals surface area contributed by atoms with Crippen molar-refractivity contribution in [3.63, 3.8) is 0 Å². The molecule has 0 unspecified atom stereocenters. The molecule has 3 N–H and O–H groups in total. The maximum Gasteiger partial charge on any atom is 0.238 e. The summed E-state index contributed by atoms with van der Waals surface area (Å²) in [5.74, 6) is 6.56. The maximum atomic E-state index is 5.28. The Labute approximate surface area is 112 Å². The van der Waals surface area contributed by atoms with Gasteiger partial charge in [0.25, 0.3) is 0 Å². The van der Waals surface area contributed by atoms with E-state index in [0.29, 0.717) is 5.95 Å². The summed E-state index contributed by atoms with van der Waals surface area (Å²) in [6.45, 7) is 0. The van der Waals surface area contributed by atoms with Gasteiger partial charge in [0.1, 0.15) is 5.03 Å². The Hall–Kier alpha value is -1.11. The molecule has 17 heavy (non-hydrogen) atoms. The van der Waals surface area contributed by atoms with Gasteiger partial charge >= 0.3 is 0 Å². The number of nitrogens with two attached hydrogens (primary N) is 1. The van der Waals surface area contributed by atoms with Crippen LogP contribution in [0.5, 0.6) is 0 Å². The van der Waals surface area contributed by atoms with Crippen LogP contribution in [0.3, 0.4) is 0 Å². The normalized spacial score (nSPS) is 10.2. The molecule has 0 aliphatic rings. The van der Waals surface area contributed by atoms with Crippen LogP contribution in [0.25, 0.3) is 0 Å². The van der Waals surface area contributed by atoms with E-state index in [4.69, 9.17) is 5.84 Å². The van der Waals surface area contributed by atoms with Crippen molar-refractivity contribution in [2.24, 2.45) is 5.84 Å². The van der Waals surface area contributed by atoms with E-state index in [1.807, 2.05) is 18.2 Å². The second kappa shape index (κ2) is 6.00. The fraction of sp³-hybridized carbons (Fsp3) is 0.0909. The summed E-state index contributed by atoms with van der Waals surface area (Å²) in [6, 6.07) is 10.2. The van der Waals surface area contributed by atoms with Crippen molar-refractivity contribution in [3.05, 3.63) is 46.6 Å². The van der Waals surface area contributed by atoms with Gasteiger partial charge < -0.3 is 0 Å². The summed E-state index contributed by atoms with van der Waals surface area (Å²) in [7, 11) is 0. The van der Waals surface area contributed by atoms with Crippen molar-refractivity contribution in [1.29, 1.82) is 0 Å². The number of hydrogen-bond acceptors (Lipinski definition) is 5. The van der Waals surface area contributed by atoms with Gasteiger partial charge in [-0.3, -0.25) is 5.43 Å². The molecule has 4 nitrogen and oxygen atoms in total. The van der Waals surface area contributed by atoms with Crippen molar-refractivity contribution < 1.29 is 0 Å². The first kappa shape index (κ1) is 12.3. The summed E-state index contributed by atoms with van der Waals surface area (Å²) in [4.78, 5) is 8.28. The fourth-order valence-electron chi connectivity index (χ4n) is 1.25. The van der Waals surface area contributed by atoms with Gasteiger partial charge in [0.15, 0.2) is 0 Å². The van der Waals surface area contributed by atoms with Crippen LogP contribution in [0, 0.1) is 0 Å². The Morgan fingerprint density at radius 1 is 1.29 bits per heavy atom. The quantitative estimate of drug-likeness (QED) is 0.393. The minimum Gasteiger partial charge on any atom is -0.292 e. The second-order valence-corrected chi connectivity index (χ2v) is 5.08. The average Bonchev–Trinajstić information content (AvgIpc) is 2.39. The van der Waals surface area contributed by atoms with Crippen LogP contribution < -0.4 is 11.3 Å². The molecule has 1 aromatic carbocycles. The van der Waals surface area contributed by atoms with Crippen molar-refractivity contribution in [1.82, 2.24) is 9.97 Å². The Morgan fingerprint density at radius 2 is 2.06 bits per heavy atom. The van der Waals surface area contributed by atoms with E-state index in [-0.39, 0.29) is 0 Å². The second-order valence-electron chi connectivity index (χ2n) is 3.27. The molecule has 0 saturated carbocycles. The molecule has 0 amide bonds. The molecule has 0 spiro atoms. The van der Waals surface area contributed by atoms with E-state index >= 15 is 0 Å². The van der Waals surface area contributed by atoms with E-state index < -0.39 is 0 Å². The SMILES string of the molecule is NNc1ncc(Br)c(SCc2ccccc2)n1. The number of anilines is 1. The lowest BCUT2D eigenvalue weighted by Gasteiger charge is -2.05. The molecule has 0 bridgehead atoms. The van der Waals surface area contributed by atoms with Gasteiger partial charge in [-0.05, 0) is 21.5 Å². The lowest BCUT2D eigenvalue weighted by molar-refractivity contribution is 1.01. The summed E-state index contributed by atoms with van der Waals surface area (Å²) in [6.07, 6.45) is 1.69. The van der Waals surface area contributed by atoms with Crippen molar-refractivity contribution in [2.75, 3.05) is 5.43 Å². The van der Waals surface area contributed by atoms with E-state index in [1.165, 1.54) is 5.56 Å². The Kier molecular flexibility index (Phi) is 4.36. The summed E-state index contributed by atoms with van der Waals surface area (Å²) in [5.41, 5.74) is 3.69. The molecule has 0 aliphatic carbocycles. The maximum absolute atomic E-state index is 5.28. The molecule has 1 heterocycles. The highest BCUT2D eigenvalue weighted by atomic mass is 79.9. The molecule has 2 rings (SSSR count). The molecule has 0 radical (unpaired) electrons. The Balaban J connectivity index is 2.08. The smallest absolute Gasteiger partial charge is 0.238 e. The van der Waals surface area contributed by atoms with E-state index in [1.54, 1.807) is 18.0 Å². The van der Waals surface area contributed by atoms with E-state index in [9.17, 15) is 0 Å². The number of hydrazine groups is 1. The molecule has 0 saturated heterocycles. The predicted molar refractivity (Wildman–Crippen MR) is 73.5 cm³/mol. The highest BCUT2D eigenvalue weighted by Crippen LogP contribution is 2.28. The van der Waals surface area contributed by atoms with Gasteiger partial charge in [0, 0.05) is 11.9 Å². The van der Waals surface area contributed by atoms with E-state index in [2.05, 4.69) is 43.5 Å². The summed E-state index contributed by atoms with van der Waals surface area (Å²) < 4.78 is 0.873. The Morgan fingerprint density at radius 3 is 2.76 bits per heavy atom. The van der Waals surface area contributed by atoms with Gasteiger partial charge in [-0.1, -0.05) is 30.3 Å². The van der Waals surface area contributed by atoms with Gasteiger partial charge in [-0.15, -0.1) is 11.8 Å². The average molecular weight is 311 g/mol. The topological polar surface area (TPSA) is 63.8 Å². The summed E-state index contributed by atoms with van der Waals surface area (Å²) in [5, 5.41) is 0.872. The third-order valence-electron chi connectivity index (χ3n) is 2.06. The third kappa shape index (κ3) is 3.42. The lowest BCUT2D eigenvalue weighted by atomic mass is 10.2. The lowest BCUT2D eigenvalue weighted by Crippen LogP contribution is -2.10. The van der Waals surface area contributed by atoms with Crippen molar-refractivity contribution >= 4 is 33.6 Å². The molecule has 1 aromatic heterocycles. The summed E-state index contributed by atoms with van der Waals surface area (Å²) >= 11 is 5.05. The highest BCUT2D eigenvalue weighted by molar-refractivity contribution is 9.10. The van der Waals surface area contributed by atoms with Crippen molar-refractivity contribution in [3.8, 4) is 0 Å². The standard InChI is InChI=1S/C11H11BrN4S/c12-9-6-14-11(16-13)15-10(9)17-7-8-4-2-1-3-5-8/h1-6H,7,13H2,(H,14,15,16). The number of rotatable bonds is 4. The van der Waals surface area contributed by atoms with Crippen molar-refractivity contribution in [2.45, 2.75) is 10.8 Å². The van der Waals surface area contributed by atoms with Crippen LogP contribution in [-0.2, 0) is 5.75 Å². The molecule has 0 atom stereocenters. The molecule has 0 aliphatic heterocycles. The van der Waals surface area contributed by atoms with E-state index in [0.717, 1.165) is 15.3 Å². The molecular formula is C11H11BrN4S. The van der Waals surface area contributed by atoms with Crippen LogP contribution in [0.2, 0.25) is 0 Å². The number of nitrogens with zero attached hydrogens (tertiary/aromatic N) is 2. The minimum atomic E-state index is 0.420. The van der Waals surface area contributed by atoms with Crippen LogP contribution in [0.1, 0.15) is 5.56 Å². The monoisotopic (exact) mass is 310 g/mol. The number of benzene rings is 1. The number of nitrogen functional groups attached to an aromatic ring is 1. The number of thioether (sulfide) groups is 1. The zero-order valence-electron chi connectivity index (χ0n) is 8.93. The van der Waals surface area contributed by atoms with Gasteiger partial charge in [0.05, 0.1) is 4.47 Å². The molecule has 6 heteroatoms. The van der Waals surface area contributed by atoms with Crippen LogP contribution in [0.4, 0.5) is 5.95 Å². The van der Waals surface area contributed by atoms with Gasteiger partial charge in [-0.2, -0.15) is 0 Å². The highest BCUT2D eigenvalue weighted by Gasteiger charge is 2.05. The minimum absolute atomic E-state index is 0.420. The third-order valence-corrected chi connectivity index (χ3v) is 3.96. The Bertz CT molecular complexity index is 492. The predicted octanol–water partition coefficient (Wildman–Crippen LogP) is 2.82. The first-order valence-electron chi connectivity index (χ1n) is 4.95. The molecule has 2 aromatic rings. The first-order valence-corrected chi connectivity index (χ1v) is 6.73. The number of hydrogen-bond donors (Lipinski definition) is 2.